The minimum absolute atomic E-state index is 0.00796. The van der Waals surface area contributed by atoms with Crippen LogP contribution in [0.3, 0.4) is 0 Å². The van der Waals surface area contributed by atoms with Crippen LogP contribution < -0.4 is 11.1 Å². The number of hydrogen-bond acceptors (Lipinski definition) is 3. The van der Waals surface area contributed by atoms with Crippen LogP contribution in [0.25, 0.3) is 0 Å². The third kappa shape index (κ3) is 3.49. The lowest BCUT2D eigenvalue weighted by atomic mass is 9.84. The summed E-state index contributed by atoms with van der Waals surface area (Å²) in [6, 6.07) is 5.60. The highest BCUT2D eigenvalue weighted by Crippen LogP contribution is 2.48. The van der Waals surface area contributed by atoms with E-state index < -0.39 is 0 Å². The Kier molecular flexibility index (Phi) is 4.97. The molecular formula is C22H31N3O2. The topological polar surface area (TPSA) is 75.4 Å². The first kappa shape index (κ1) is 18.5. The van der Waals surface area contributed by atoms with Gasteiger partial charge in [0, 0.05) is 30.4 Å². The SMILES string of the molecule is Cc1cc(C(=O)N2CCC(C)CC2)ccc1NC(=O)C1C2CCC(C2)C1N. The lowest BCUT2D eigenvalue weighted by Gasteiger charge is -2.30. The van der Waals surface area contributed by atoms with Gasteiger partial charge in [-0.3, -0.25) is 9.59 Å². The first-order valence-electron chi connectivity index (χ1n) is 10.4. The zero-order valence-corrected chi connectivity index (χ0v) is 16.4. The summed E-state index contributed by atoms with van der Waals surface area (Å²) in [7, 11) is 0. The van der Waals surface area contributed by atoms with Crippen molar-refractivity contribution in [2.24, 2.45) is 29.4 Å². The molecule has 2 bridgehead atoms. The highest BCUT2D eigenvalue weighted by Gasteiger charge is 2.49. The predicted octanol–water partition coefficient (Wildman–Crippen LogP) is 3.18. The van der Waals surface area contributed by atoms with E-state index in [4.69, 9.17) is 5.73 Å². The first-order valence-corrected chi connectivity index (χ1v) is 10.4. The number of rotatable bonds is 3. The molecule has 27 heavy (non-hydrogen) atoms. The molecule has 1 aromatic rings. The van der Waals surface area contributed by atoms with Crippen molar-refractivity contribution in [2.45, 2.75) is 52.0 Å². The third-order valence-corrected chi connectivity index (χ3v) is 7.09. The number of aryl methyl sites for hydroxylation is 1. The molecule has 5 nitrogen and oxygen atoms in total. The molecule has 3 N–H and O–H groups in total. The summed E-state index contributed by atoms with van der Waals surface area (Å²) in [4.78, 5) is 27.5. The van der Waals surface area contributed by atoms with E-state index in [-0.39, 0.29) is 23.8 Å². The molecule has 2 saturated carbocycles. The van der Waals surface area contributed by atoms with Gasteiger partial charge >= 0.3 is 0 Å². The van der Waals surface area contributed by atoms with Crippen molar-refractivity contribution in [2.75, 3.05) is 18.4 Å². The van der Waals surface area contributed by atoms with E-state index in [9.17, 15) is 9.59 Å². The highest BCUT2D eigenvalue weighted by molar-refractivity contribution is 5.97. The molecule has 2 amide bonds. The Morgan fingerprint density at radius 1 is 1.11 bits per heavy atom. The number of nitrogens with one attached hydrogen (secondary N) is 1. The Bertz CT molecular complexity index is 737. The van der Waals surface area contributed by atoms with Crippen LogP contribution in [0.2, 0.25) is 0 Å². The van der Waals surface area contributed by atoms with Crippen molar-refractivity contribution in [3.63, 3.8) is 0 Å². The van der Waals surface area contributed by atoms with E-state index in [1.54, 1.807) is 0 Å². The number of amides is 2. The van der Waals surface area contributed by atoms with Gasteiger partial charge in [-0.05, 0) is 80.5 Å². The minimum atomic E-state index is -0.0696. The van der Waals surface area contributed by atoms with Crippen LogP contribution in [0.5, 0.6) is 0 Å². The maximum Gasteiger partial charge on any atom is 0.253 e. The number of anilines is 1. The Morgan fingerprint density at radius 3 is 2.44 bits per heavy atom. The number of piperidine rings is 1. The average molecular weight is 370 g/mol. The van der Waals surface area contributed by atoms with Crippen molar-refractivity contribution >= 4 is 17.5 Å². The van der Waals surface area contributed by atoms with E-state index >= 15 is 0 Å². The molecule has 0 radical (unpaired) electrons. The van der Waals surface area contributed by atoms with E-state index in [0.717, 1.165) is 50.0 Å². The minimum Gasteiger partial charge on any atom is -0.339 e. The van der Waals surface area contributed by atoms with Crippen LogP contribution in [0.15, 0.2) is 18.2 Å². The van der Waals surface area contributed by atoms with Crippen LogP contribution in [0.1, 0.15) is 54.9 Å². The normalized spacial score (nSPS) is 30.6. The summed E-state index contributed by atoms with van der Waals surface area (Å²) in [5.41, 5.74) is 8.72. The standard InChI is InChI=1S/C22H31N3O2/c1-13-7-9-25(10-8-13)22(27)17-5-6-18(14(2)11-17)24-21(26)19-15-3-4-16(12-15)20(19)23/h5-6,11,13,15-16,19-20H,3-4,7-10,12,23H2,1-2H3,(H,24,26). The average Bonchev–Trinajstić information content (AvgIpc) is 3.24. The molecule has 3 fully saturated rings. The van der Waals surface area contributed by atoms with Crippen molar-refractivity contribution in [3.8, 4) is 0 Å². The lowest BCUT2D eigenvalue weighted by molar-refractivity contribution is -0.121. The monoisotopic (exact) mass is 369 g/mol. The fourth-order valence-corrected chi connectivity index (χ4v) is 5.27. The molecule has 1 aliphatic heterocycles. The van der Waals surface area contributed by atoms with Gasteiger partial charge in [-0.1, -0.05) is 6.92 Å². The quantitative estimate of drug-likeness (QED) is 0.859. The molecule has 5 heteroatoms. The Hall–Kier alpha value is -1.88. The fourth-order valence-electron chi connectivity index (χ4n) is 5.27. The molecule has 4 rings (SSSR count). The zero-order chi connectivity index (χ0) is 19.1. The number of likely N-dealkylation sites (tertiary alicyclic amines) is 1. The zero-order valence-electron chi connectivity index (χ0n) is 16.4. The smallest absolute Gasteiger partial charge is 0.253 e. The van der Waals surface area contributed by atoms with Crippen molar-refractivity contribution in [3.05, 3.63) is 29.3 Å². The van der Waals surface area contributed by atoms with Gasteiger partial charge in [0.15, 0.2) is 0 Å². The number of benzene rings is 1. The Balaban J connectivity index is 1.43. The molecule has 1 heterocycles. The first-order chi connectivity index (χ1) is 12.9. The molecule has 1 saturated heterocycles. The van der Waals surface area contributed by atoms with E-state index in [1.165, 1.54) is 6.42 Å². The van der Waals surface area contributed by atoms with Gasteiger partial charge in [-0.25, -0.2) is 0 Å². The number of carbonyl (C=O) groups is 2. The van der Waals surface area contributed by atoms with Gasteiger partial charge in [0.25, 0.3) is 5.91 Å². The van der Waals surface area contributed by atoms with E-state index in [2.05, 4.69) is 12.2 Å². The summed E-state index contributed by atoms with van der Waals surface area (Å²) in [5, 5.41) is 3.08. The second-order valence-electron chi connectivity index (χ2n) is 8.93. The van der Waals surface area contributed by atoms with Crippen LogP contribution in [-0.4, -0.2) is 35.8 Å². The van der Waals surface area contributed by atoms with Gasteiger partial charge in [0.05, 0.1) is 5.92 Å². The second kappa shape index (κ2) is 7.27. The largest absolute Gasteiger partial charge is 0.339 e. The van der Waals surface area contributed by atoms with Gasteiger partial charge in [0.2, 0.25) is 5.91 Å². The lowest BCUT2D eigenvalue weighted by Crippen LogP contribution is -2.42. The van der Waals surface area contributed by atoms with Crippen LogP contribution in [-0.2, 0) is 4.79 Å². The van der Waals surface area contributed by atoms with E-state index in [1.807, 2.05) is 30.0 Å². The van der Waals surface area contributed by atoms with Crippen LogP contribution in [0.4, 0.5) is 5.69 Å². The fraction of sp³-hybridized carbons (Fsp3) is 0.636. The van der Waals surface area contributed by atoms with Crippen LogP contribution in [0, 0.1) is 30.6 Å². The summed E-state index contributed by atoms with van der Waals surface area (Å²) < 4.78 is 0. The van der Waals surface area contributed by atoms with Gasteiger partial charge in [-0.2, -0.15) is 0 Å². The number of hydrogen-bond donors (Lipinski definition) is 2. The highest BCUT2D eigenvalue weighted by atomic mass is 16.2. The maximum absolute atomic E-state index is 12.8. The third-order valence-electron chi connectivity index (χ3n) is 7.09. The van der Waals surface area contributed by atoms with Gasteiger partial charge in [-0.15, -0.1) is 0 Å². The summed E-state index contributed by atoms with van der Waals surface area (Å²) in [6.07, 6.45) is 5.53. The number of carbonyl (C=O) groups excluding carboxylic acids is 2. The summed E-state index contributed by atoms with van der Waals surface area (Å²) >= 11 is 0. The van der Waals surface area contributed by atoms with Gasteiger partial charge < -0.3 is 16.0 Å². The molecule has 0 aromatic heterocycles. The predicted molar refractivity (Wildman–Crippen MR) is 106 cm³/mol. The van der Waals surface area contributed by atoms with Crippen LogP contribution >= 0.6 is 0 Å². The number of nitrogens with zero attached hydrogens (tertiary/aromatic N) is 1. The molecule has 4 atom stereocenters. The molecule has 3 aliphatic rings. The molecule has 4 unspecified atom stereocenters. The number of nitrogens with two attached hydrogens (primary N) is 1. The summed E-state index contributed by atoms with van der Waals surface area (Å²) in [6.45, 7) is 5.86. The van der Waals surface area contributed by atoms with Crippen molar-refractivity contribution in [1.29, 1.82) is 0 Å². The van der Waals surface area contributed by atoms with Crippen molar-refractivity contribution < 1.29 is 9.59 Å². The molecular weight excluding hydrogens is 338 g/mol. The van der Waals surface area contributed by atoms with E-state index in [0.29, 0.717) is 23.3 Å². The molecule has 1 aromatic carbocycles. The summed E-state index contributed by atoms with van der Waals surface area (Å²) in [5.74, 6) is 1.72. The van der Waals surface area contributed by atoms with Gasteiger partial charge in [0.1, 0.15) is 0 Å². The molecule has 146 valence electrons. The Morgan fingerprint density at radius 2 is 1.81 bits per heavy atom. The number of fused-ring (bicyclic) bond motifs is 2. The Labute approximate surface area is 161 Å². The molecule has 2 aliphatic carbocycles. The maximum atomic E-state index is 12.8. The molecule has 0 spiro atoms. The second-order valence-corrected chi connectivity index (χ2v) is 8.93. The van der Waals surface area contributed by atoms with Crippen molar-refractivity contribution in [1.82, 2.24) is 4.90 Å².